The van der Waals surface area contributed by atoms with E-state index in [4.69, 9.17) is 9.47 Å². The van der Waals surface area contributed by atoms with E-state index in [0.717, 1.165) is 38.7 Å². The highest BCUT2D eigenvalue weighted by atomic mass is 16.5. The van der Waals surface area contributed by atoms with Crippen molar-refractivity contribution in [1.29, 1.82) is 0 Å². The predicted molar refractivity (Wildman–Crippen MR) is 99.6 cm³/mol. The average Bonchev–Trinajstić information content (AvgIpc) is 2.84. The summed E-state index contributed by atoms with van der Waals surface area (Å²) in [7, 11) is 3.62. The highest BCUT2D eigenvalue weighted by Gasteiger charge is 2.36. The standard InChI is InChI=1S/C19H37N3O2/c1-20-18(22-16-19(10-7-11-19)12-14-23-2)21-13-15-24-17-8-5-3-4-6-9-17/h17H,3-16H2,1-2H3,(H2,20,21,22). The maximum atomic E-state index is 6.03. The molecule has 0 heterocycles. The Kier molecular flexibility index (Phi) is 8.89. The van der Waals surface area contributed by atoms with E-state index in [-0.39, 0.29) is 0 Å². The minimum absolute atomic E-state index is 0.407. The topological polar surface area (TPSA) is 54.9 Å². The molecule has 2 rings (SSSR count). The second kappa shape index (κ2) is 10.9. The van der Waals surface area contributed by atoms with Crippen molar-refractivity contribution >= 4 is 5.96 Å². The van der Waals surface area contributed by atoms with Gasteiger partial charge in [-0.2, -0.15) is 0 Å². The van der Waals surface area contributed by atoms with Crippen LogP contribution in [0, 0.1) is 5.41 Å². The van der Waals surface area contributed by atoms with Gasteiger partial charge in [0.15, 0.2) is 5.96 Å². The zero-order chi connectivity index (χ0) is 17.1. The third-order valence-corrected chi connectivity index (χ3v) is 5.66. The van der Waals surface area contributed by atoms with Gasteiger partial charge in [0.25, 0.3) is 0 Å². The number of methoxy groups -OCH3 is 1. The summed E-state index contributed by atoms with van der Waals surface area (Å²) in [6.45, 7) is 3.42. The van der Waals surface area contributed by atoms with E-state index in [9.17, 15) is 0 Å². The van der Waals surface area contributed by atoms with Crippen LogP contribution in [0.3, 0.4) is 0 Å². The third kappa shape index (κ3) is 6.60. The second-order valence-electron chi connectivity index (χ2n) is 7.43. The summed E-state index contributed by atoms with van der Waals surface area (Å²) >= 11 is 0. The summed E-state index contributed by atoms with van der Waals surface area (Å²) in [5.74, 6) is 0.892. The molecule has 0 aliphatic heterocycles. The summed E-state index contributed by atoms with van der Waals surface area (Å²) in [4.78, 5) is 4.34. The Bertz CT molecular complexity index is 362. The van der Waals surface area contributed by atoms with Crippen molar-refractivity contribution in [2.75, 3.05) is 40.5 Å². The fourth-order valence-corrected chi connectivity index (χ4v) is 3.81. The molecule has 0 saturated heterocycles. The molecule has 0 unspecified atom stereocenters. The zero-order valence-corrected chi connectivity index (χ0v) is 15.7. The van der Waals surface area contributed by atoms with Gasteiger partial charge < -0.3 is 20.1 Å². The van der Waals surface area contributed by atoms with E-state index in [1.165, 1.54) is 57.8 Å². The zero-order valence-electron chi connectivity index (χ0n) is 15.7. The van der Waals surface area contributed by atoms with Crippen LogP contribution in [-0.4, -0.2) is 52.5 Å². The van der Waals surface area contributed by atoms with E-state index in [1.54, 1.807) is 7.11 Å². The molecule has 0 aromatic carbocycles. The fourth-order valence-electron chi connectivity index (χ4n) is 3.81. The molecule has 5 heteroatoms. The Balaban J connectivity index is 1.60. The van der Waals surface area contributed by atoms with E-state index in [0.29, 0.717) is 11.5 Å². The number of guanidine groups is 1. The number of hydrogen-bond acceptors (Lipinski definition) is 3. The quantitative estimate of drug-likeness (QED) is 0.293. The summed E-state index contributed by atoms with van der Waals surface area (Å²) in [5, 5.41) is 6.88. The molecule has 0 aromatic heterocycles. The van der Waals surface area contributed by atoms with Gasteiger partial charge in [-0.3, -0.25) is 4.99 Å². The van der Waals surface area contributed by atoms with Crippen molar-refractivity contribution in [1.82, 2.24) is 10.6 Å². The second-order valence-corrected chi connectivity index (χ2v) is 7.43. The van der Waals surface area contributed by atoms with Crippen LogP contribution in [0.5, 0.6) is 0 Å². The third-order valence-electron chi connectivity index (χ3n) is 5.66. The Morgan fingerprint density at radius 2 is 1.79 bits per heavy atom. The minimum atomic E-state index is 0.407. The highest BCUT2D eigenvalue weighted by molar-refractivity contribution is 5.79. The van der Waals surface area contributed by atoms with E-state index < -0.39 is 0 Å². The summed E-state index contributed by atoms with van der Waals surface area (Å²) in [6.07, 6.45) is 13.4. The molecule has 0 amide bonds. The predicted octanol–water partition coefficient (Wildman–Crippen LogP) is 3.10. The first-order valence-electron chi connectivity index (χ1n) is 9.83. The lowest BCUT2D eigenvalue weighted by atomic mass is 9.67. The largest absolute Gasteiger partial charge is 0.385 e. The van der Waals surface area contributed by atoms with E-state index >= 15 is 0 Å². The molecule has 24 heavy (non-hydrogen) atoms. The van der Waals surface area contributed by atoms with Crippen molar-refractivity contribution in [3.63, 3.8) is 0 Å². The number of aliphatic imine (C=N–C) groups is 1. The summed E-state index contributed by atoms with van der Waals surface area (Å²) < 4.78 is 11.3. The molecular weight excluding hydrogens is 302 g/mol. The Hall–Kier alpha value is -0.810. The van der Waals surface area contributed by atoms with Gasteiger partial charge in [0, 0.05) is 33.9 Å². The van der Waals surface area contributed by atoms with Crippen LogP contribution in [0.15, 0.2) is 4.99 Å². The van der Waals surface area contributed by atoms with Gasteiger partial charge in [-0.25, -0.2) is 0 Å². The van der Waals surface area contributed by atoms with Crippen LogP contribution in [0.1, 0.15) is 64.2 Å². The van der Waals surface area contributed by atoms with Crippen molar-refractivity contribution in [2.45, 2.75) is 70.3 Å². The molecule has 0 spiro atoms. The summed E-state index contributed by atoms with van der Waals surface area (Å²) in [5.41, 5.74) is 0.407. The lowest BCUT2D eigenvalue weighted by Gasteiger charge is -2.42. The van der Waals surface area contributed by atoms with Gasteiger partial charge in [0.1, 0.15) is 0 Å². The molecule has 0 radical (unpaired) electrons. The molecule has 2 aliphatic rings. The Morgan fingerprint density at radius 1 is 1.04 bits per heavy atom. The van der Waals surface area contributed by atoms with Crippen molar-refractivity contribution in [2.24, 2.45) is 10.4 Å². The smallest absolute Gasteiger partial charge is 0.191 e. The molecule has 0 aromatic rings. The van der Waals surface area contributed by atoms with E-state index in [1.807, 2.05) is 7.05 Å². The van der Waals surface area contributed by atoms with Gasteiger partial charge in [0.2, 0.25) is 0 Å². The van der Waals surface area contributed by atoms with Crippen LogP contribution >= 0.6 is 0 Å². The van der Waals surface area contributed by atoms with Crippen molar-refractivity contribution in [3.8, 4) is 0 Å². The normalized spacial score (nSPS) is 21.8. The first-order chi connectivity index (χ1) is 11.8. The number of nitrogens with zero attached hydrogens (tertiary/aromatic N) is 1. The molecule has 2 N–H and O–H groups in total. The monoisotopic (exact) mass is 339 g/mol. The SMILES string of the molecule is CN=C(NCCOC1CCCCCC1)NCC1(CCOC)CCC1. The van der Waals surface area contributed by atoms with Crippen LogP contribution in [0.2, 0.25) is 0 Å². The van der Waals surface area contributed by atoms with Crippen LogP contribution in [-0.2, 0) is 9.47 Å². The maximum absolute atomic E-state index is 6.03. The number of ether oxygens (including phenoxy) is 2. The lowest BCUT2D eigenvalue weighted by molar-refractivity contribution is 0.0466. The molecule has 5 nitrogen and oxygen atoms in total. The minimum Gasteiger partial charge on any atom is -0.385 e. The average molecular weight is 340 g/mol. The van der Waals surface area contributed by atoms with Crippen molar-refractivity contribution in [3.05, 3.63) is 0 Å². The van der Waals surface area contributed by atoms with Gasteiger partial charge >= 0.3 is 0 Å². The van der Waals surface area contributed by atoms with E-state index in [2.05, 4.69) is 15.6 Å². The molecule has 140 valence electrons. The Morgan fingerprint density at radius 3 is 2.38 bits per heavy atom. The molecule has 2 saturated carbocycles. The van der Waals surface area contributed by atoms with Gasteiger partial charge in [0.05, 0.1) is 12.7 Å². The maximum Gasteiger partial charge on any atom is 0.191 e. The van der Waals surface area contributed by atoms with Crippen molar-refractivity contribution < 1.29 is 9.47 Å². The lowest BCUT2D eigenvalue weighted by Crippen LogP contribution is -2.47. The van der Waals surface area contributed by atoms with Gasteiger partial charge in [-0.1, -0.05) is 32.1 Å². The molecule has 0 atom stereocenters. The van der Waals surface area contributed by atoms with Crippen LogP contribution < -0.4 is 10.6 Å². The van der Waals surface area contributed by atoms with Gasteiger partial charge in [-0.05, 0) is 37.5 Å². The number of rotatable bonds is 9. The highest BCUT2D eigenvalue weighted by Crippen LogP contribution is 2.43. The summed E-state index contributed by atoms with van der Waals surface area (Å²) in [6, 6.07) is 0. The number of hydrogen-bond donors (Lipinski definition) is 2. The first-order valence-corrected chi connectivity index (χ1v) is 9.83. The van der Waals surface area contributed by atoms with Crippen LogP contribution in [0.4, 0.5) is 0 Å². The molecule has 2 fully saturated rings. The first kappa shape index (κ1) is 19.5. The van der Waals surface area contributed by atoms with Crippen LogP contribution in [0.25, 0.3) is 0 Å². The molecule has 0 bridgehead atoms. The Labute approximate surface area is 148 Å². The molecular formula is C19H37N3O2. The number of nitrogens with one attached hydrogen (secondary N) is 2. The molecule has 2 aliphatic carbocycles. The van der Waals surface area contributed by atoms with Gasteiger partial charge in [-0.15, -0.1) is 0 Å². The fraction of sp³-hybridized carbons (Fsp3) is 0.947.